The largest absolute Gasteiger partial charge is 0.461 e. The average Bonchev–Trinajstić information content (AvgIpc) is 3.20. The number of halogens is 1. The summed E-state index contributed by atoms with van der Waals surface area (Å²) < 4.78 is 6.51. The van der Waals surface area contributed by atoms with Crippen molar-refractivity contribution in [2.24, 2.45) is 0 Å². The predicted octanol–water partition coefficient (Wildman–Crippen LogP) is 4.37. The van der Waals surface area contributed by atoms with E-state index in [0.29, 0.717) is 22.9 Å². The van der Waals surface area contributed by atoms with E-state index in [9.17, 15) is 9.59 Å². The van der Waals surface area contributed by atoms with Gasteiger partial charge in [0.05, 0.1) is 12.3 Å². The van der Waals surface area contributed by atoms with Crippen LogP contribution in [0.25, 0.3) is 5.69 Å². The van der Waals surface area contributed by atoms with Gasteiger partial charge in [0.25, 0.3) is 0 Å². The van der Waals surface area contributed by atoms with E-state index in [1.165, 1.54) is 0 Å². The number of esters is 1. The number of hydrogen-bond acceptors (Lipinski definition) is 4. The maximum absolute atomic E-state index is 12.5. The topological polar surface area (TPSA) is 76.5 Å². The van der Waals surface area contributed by atoms with E-state index >= 15 is 0 Å². The smallest absolute Gasteiger partial charge is 0.358 e. The standard InChI is InChI=1S/C21H21ClN4O3/c1-3-29-20(27)19-11-12-26(24-19)18-6-4-5-17(13-18)23-21(28)25(2)14-15-7-9-16(22)10-8-15/h4-13H,3,14H2,1-2H3,(H,23,28). The third-order valence-corrected chi connectivity index (χ3v) is 4.37. The lowest BCUT2D eigenvalue weighted by atomic mass is 10.2. The summed E-state index contributed by atoms with van der Waals surface area (Å²) in [6.45, 7) is 2.48. The van der Waals surface area contributed by atoms with E-state index in [1.807, 2.05) is 18.2 Å². The highest BCUT2D eigenvalue weighted by Crippen LogP contribution is 2.16. The first-order chi connectivity index (χ1) is 14.0. The van der Waals surface area contributed by atoms with E-state index in [0.717, 1.165) is 5.56 Å². The quantitative estimate of drug-likeness (QED) is 0.610. The van der Waals surface area contributed by atoms with Gasteiger partial charge in [-0.15, -0.1) is 0 Å². The van der Waals surface area contributed by atoms with E-state index in [4.69, 9.17) is 16.3 Å². The zero-order chi connectivity index (χ0) is 20.8. The molecule has 0 unspecified atom stereocenters. The molecule has 150 valence electrons. The molecule has 0 atom stereocenters. The number of hydrogen-bond donors (Lipinski definition) is 1. The third kappa shape index (κ3) is 5.36. The Hall–Kier alpha value is -3.32. The van der Waals surface area contributed by atoms with Crippen LogP contribution in [0.5, 0.6) is 0 Å². The molecule has 0 aliphatic rings. The molecule has 7 nitrogen and oxygen atoms in total. The molecule has 0 bridgehead atoms. The Bertz CT molecular complexity index is 1000. The van der Waals surface area contributed by atoms with Crippen molar-refractivity contribution in [2.75, 3.05) is 19.0 Å². The van der Waals surface area contributed by atoms with Crippen LogP contribution in [0, 0.1) is 0 Å². The second-order valence-electron chi connectivity index (χ2n) is 6.33. The molecule has 1 N–H and O–H groups in total. The van der Waals surface area contributed by atoms with E-state index in [2.05, 4.69) is 10.4 Å². The number of rotatable bonds is 6. The first kappa shape index (κ1) is 20.4. The lowest BCUT2D eigenvalue weighted by Gasteiger charge is -2.18. The van der Waals surface area contributed by atoms with Crippen LogP contribution in [0.3, 0.4) is 0 Å². The molecule has 2 amide bonds. The summed E-state index contributed by atoms with van der Waals surface area (Å²) in [6, 6.07) is 15.9. The normalized spacial score (nSPS) is 10.4. The summed E-state index contributed by atoms with van der Waals surface area (Å²) in [5, 5.41) is 7.74. The van der Waals surface area contributed by atoms with Crippen LogP contribution in [0.15, 0.2) is 60.8 Å². The third-order valence-electron chi connectivity index (χ3n) is 4.12. The molecule has 0 aliphatic carbocycles. The molecule has 3 rings (SSSR count). The fourth-order valence-electron chi connectivity index (χ4n) is 2.66. The molecule has 0 radical (unpaired) electrons. The van der Waals surface area contributed by atoms with E-state index in [-0.39, 0.29) is 18.3 Å². The number of anilines is 1. The fraction of sp³-hybridized carbons (Fsp3) is 0.190. The molecular formula is C21H21ClN4O3. The van der Waals surface area contributed by atoms with Crippen molar-refractivity contribution < 1.29 is 14.3 Å². The average molecular weight is 413 g/mol. The van der Waals surface area contributed by atoms with Gasteiger partial charge >= 0.3 is 12.0 Å². The van der Waals surface area contributed by atoms with Gasteiger partial charge in [-0.1, -0.05) is 29.8 Å². The maximum Gasteiger partial charge on any atom is 0.358 e. The molecule has 8 heteroatoms. The van der Waals surface area contributed by atoms with Crippen LogP contribution >= 0.6 is 11.6 Å². The molecule has 0 saturated heterocycles. The highest BCUT2D eigenvalue weighted by atomic mass is 35.5. The van der Waals surface area contributed by atoms with Gasteiger partial charge in [0.1, 0.15) is 0 Å². The van der Waals surface area contributed by atoms with Crippen molar-refractivity contribution >= 4 is 29.3 Å². The lowest BCUT2D eigenvalue weighted by Crippen LogP contribution is -2.30. The van der Waals surface area contributed by atoms with E-state index in [1.54, 1.807) is 66.1 Å². The van der Waals surface area contributed by atoms with Crippen LogP contribution < -0.4 is 5.32 Å². The summed E-state index contributed by atoms with van der Waals surface area (Å²) in [5.41, 5.74) is 2.52. The summed E-state index contributed by atoms with van der Waals surface area (Å²) in [4.78, 5) is 25.9. The lowest BCUT2D eigenvalue weighted by molar-refractivity contribution is 0.0519. The van der Waals surface area contributed by atoms with Crippen LogP contribution in [-0.2, 0) is 11.3 Å². The van der Waals surface area contributed by atoms with Gasteiger partial charge in [-0.3, -0.25) is 0 Å². The number of nitrogens with one attached hydrogen (secondary N) is 1. The van der Waals surface area contributed by atoms with Gasteiger partial charge in [0, 0.05) is 30.5 Å². The predicted molar refractivity (Wildman–Crippen MR) is 111 cm³/mol. The van der Waals surface area contributed by atoms with E-state index < -0.39 is 5.97 Å². The van der Waals surface area contributed by atoms with Crippen molar-refractivity contribution in [1.29, 1.82) is 0 Å². The number of carbonyl (C=O) groups is 2. The first-order valence-electron chi connectivity index (χ1n) is 9.06. The van der Waals surface area contributed by atoms with Crippen LogP contribution in [0.2, 0.25) is 5.02 Å². The first-order valence-corrected chi connectivity index (χ1v) is 9.44. The molecule has 1 heterocycles. The molecule has 29 heavy (non-hydrogen) atoms. The monoisotopic (exact) mass is 412 g/mol. The number of carbonyl (C=O) groups excluding carboxylic acids is 2. The van der Waals surface area contributed by atoms with Crippen molar-refractivity contribution in [3.8, 4) is 5.69 Å². The van der Waals surface area contributed by atoms with Gasteiger partial charge < -0.3 is 15.0 Å². The van der Waals surface area contributed by atoms with Crippen LogP contribution in [0.1, 0.15) is 23.0 Å². The molecule has 0 aliphatic heterocycles. The Morgan fingerprint density at radius 2 is 1.93 bits per heavy atom. The zero-order valence-electron chi connectivity index (χ0n) is 16.1. The zero-order valence-corrected chi connectivity index (χ0v) is 16.9. The Morgan fingerprint density at radius 1 is 1.17 bits per heavy atom. The van der Waals surface area contributed by atoms with Crippen molar-refractivity contribution in [3.63, 3.8) is 0 Å². The number of urea groups is 1. The second-order valence-corrected chi connectivity index (χ2v) is 6.77. The second kappa shape index (κ2) is 9.25. The maximum atomic E-state index is 12.5. The Morgan fingerprint density at radius 3 is 2.66 bits per heavy atom. The summed E-state index contributed by atoms with van der Waals surface area (Å²) in [6.07, 6.45) is 1.67. The Kier molecular flexibility index (Phi) is 6.51. The number of aromatic nitrogens is 2. The molecule has 1 aromatic heterocycles. The molecule has 2 aromatic carbocycles. The van der Waals surface area contributed by atoms with Gasteiger partial charge in [0.2, 0.25) is 0 Å². The minimum atomic E-state index is -0.473. The van der Waals surface area contributed by atoms with Crippen molar-refractivity contribution in [3.05, 3.63) is 77.1 Å². The summed E-state index contributed by atoms with van der Waals surface area (Å²) in [7, 11) is 1.72. The number of amides is 2. The fourth-order valence-corrected chi connectivity index (χ4v) is 2.79. The van der Waals surface area contributed by atoms with Crippen molar-refractivity contribution in [1.82, 2.24) is 14.7 Å². The summed E-state index contributed by atoms with van der Waals surface area (Å²) >= 11 is 5.89. The number of ether oxygens (including phenoxy) is 1. The Balaban J connectivity index is 1.67. The highest BCUT2D eigenvalue weighted by Gasteiger charge is 2.13. The Labute approximate surface area is 173 Å². The summed E-state index contributed by atoms with van der Waals surface area (Å²) in [5.74, 6) is -0.473. The van der Waals surface area contributed by atoms with Crippen molar-refractivity contribution in [2.45, 2.75) is 13.5 Å². The van der Waals surface area contributed by atoms with Gasteiger partial charge in [-0.25, -0.2) is 14.3 Å². The number of benzene rings is 2. The van der Waals surface area contributed by atoms with Crippen LogP contribution in [-0.4, -0.2) is 40.3 Å². The number of nitrogens with zero attached hydrogens (tertiary/aromatic N) is 3. The minimum absolute atomic E-state index is 0.226. The van der Waals surface area contributed by atoms with Gasteiger partial charge in [-0.05, 0) is 48.9 Å². The highest BCUT2D eigenvalue weighted by molar-refractivity contribution is 6.30. The van der Waals surface area contributed by atoms with Gasteiger partial charge in [-0.2, -0.15) is 5.10 Å². The molecular weight excluding hydrogens is 392 g/mol. The van der Waals surface area contributed by atoms with Gasteiger partial charge in [0.15, 0.2) is 5.69 Å². The van der Waals surface area contributed by atoms with Crippen LogP contribution in [0.4, 0.5) is 10.5 Å². The SMILES string of the molecule is CCOC(=O)c1ccn(-c2cccc(NC(=O)N(C)Cc3ccc(Cl)cc3)c2)n1. The molecule has 0 spiro atoms. The molecule has 3 aromatic rings. The minimum Gasteiger partial charge on any atom is -0.461 e. The molecule has 0 saturated carbocycles. The molecule has 0 fully saturated rings.